The van der Waals surface area contributed by atoms with E-state index in [9.17, 15) is 8.42 Å². The molecule has 0 unspecified atom stereocenters. The summed E-state index contributed by atoms with van der Waals surface area (Å²) >= 11 is 11.7. The fourth-order valence-corrected chi connectivity index (χ4v) is 2.99. The number of hydrogen-bond donors (Lipinski definition) is 1. The van der Waals surface area contributed by atoms with Crippen molar-refractivity contribution in [1.29, 1.82) is 0 Å². The predicted octanol–water partition coefficient (Wildman–Crippen LogP) is 3.80. The van der Waals surface area contributed by atoms with Crippen molar-refractivity contribution in [2.24, 2.45) is 0 Å². The maximum atomic E-state index is 12.2. The molecule has 7 heteroatoms. The summed E-state index contributed by atoms with van der Waals surface area (Å²) in [6.07, 6.45) is 0. The van der Waals surface area contributed by atoms with Crippen LogP contribution >= 0.6 is 23.2 Å². The van der Waals surface area contributed by atoms with Crippen LogP contribution in [0.5, 0.6) is 5.75 Å². The number of halogens is 2. The second-order valence-corrected chi connectivity index (χ2v) is 6.43. The summed E-state index contributed by atoms with van der Waals surface area (Å²) < 4.78 is 31.7. The topological polar surface area (TPSA) is 55.4 Å². The van der Waals surface area contributed by atoms with Crippen LogP contribution in [0.2, 0.25) is 10.0 Å². The van der Waals surface area contributed by atoms with E-state index in [0.29, 0.717) is 21.5 Å². The molecule has 0 aliphatic heterocycles. The van der Waals surface area contributed by atoms with Gasteiger partial charge in [-0.3, -0.25) is 4.72 Å². The van der Waals surface area contributed by atoms with Gasteiger partial charge in [0.1, 0.15) is 5.75 Å². The first kappa shape index (κ1) is 15.0. The van der Waals surface area contributed by atoms with E-state index in [1.165, 1.54) is 37.4 Å². The normalized spacial score (nSPS) is 11.2. The number of ether oxygens (including phenoxy) is 1. The third kappa shape index (κ3) is 3.36. The van der Waals surface area contributed by atoms with E-state index in [4.69, 9.17) is 27.9 Å². The van der Waals surface area contributed by atoms with Crippen molar-refractivity contribution in [3.8, 4) is 5.75 Å². The second kappa shape index (κ2) is 5.91. The van der Waals surface area contributed by atoms with Gasteiger partial charge in [-0.1, -0.05) is 23.2 Å². The molecule has 0 bridgehead atoms. The van der Waals surface area contributed by atoms with Crippen molar-refractivity contribution in [2.75, 3.05) is 11.8 Å². The first-order valence-corrected chi connectivity index (χ1v) is 7.78. The van der Waals surface area contributed by atoms with Crippen LogP contribution in [0, 0.1) is 0 Å². The molecule has 0 atom stereocenters. The van der Waals surface area contributed by atoms with Crippen LogP contribution in [-0.2, 0) is 10.0 Å². The van der Waals surface area contributed by atoms with Crippen LogP contribution in [0.15, 0.2) is 47.4 Å². The molecular weight excluding hydrogens is 321 g/mol. The molecule has 0 fully saturated rings. The zero-order valence-corrected chi connectivity index (χ0v) is 12.8. The summed E-state index contributed by atoms with van der Waals surface area (Å²) in [4.78, 5) is 0.119. The van der Waals surface area contributed by atoms with Crippen LogP contribution in [0.3, 0.4) is 0 Å². The van der Waals surface area contributed by atoms with E-state index in [1.807, 2.05) is 0 Å². The molecule has 0 saturated carbocycles. The van der Waals surface area contributed by atoms with Gasteiger partial charge in [0, 0.05) is 5.02 Å². The fraction of sp³-hybridized carbons (Fsp3) is 0.0769. The van der Waals surface area contributed by atoms with E-state index in [-0.39, 0.29) is 4.90 Å². The lowest BCUT2D eigenvalue weighted by molar-refractivity contribution is 0.415. The molecule has 0 amide bonds. The molecule has 2 aromatic rings. The number of hydrogen-bond acceptors (Lipinski definition) is 3. The standard InChI is InChI=1S/C13H11Cl2NO3S/c1-19-13-7-4-10(8-12(13)15)16-20(17,18)11-5-2-9(14)3-6-11/h2-8,16H,1H3. The number of nitrogens with one attached hydrogen (secondary N) is 1. The molecule has 4 nitrogen and oxygen atoms in total. The Balaban J connectivity index is 2.28. The van der Waals surface area contributed by atoms with Gasteiger partial charge in [-0.15, -0.1) is 0 Å². The summed E-state index contributed by atoms with van der Waals surface area (Å²) in [6.45, 7) is 0. The van der Waals surface area contributed by atoms with Crippen LogP contribution in [0.25, 0.3) is 0 Å². The van der Waals surface area contributed by atoms with Gasteiger partial charge in [0.2, 0.25) is 0 Å². The Morgan fingerprint density at radius 1 is 1.05 bits per heavy atom. The van der Waals surface area contributed by atoms with Gasteiger partial charge in [-0.05, 0) is 42.5 Å². The Hall–Kier alpha value is -1.43. The second-order valence-electron chi connectivity index (χ2n) is 3.91. The first-order chi connectivity index (χ1) is 9.42. The zero-order chi connectivity index (χ0) is 14.8. The fourth-order valence-electron chi connectivity index (χ4n) is 1.56. The first-order valence-electron chi connectivity index (χ1n) is 5.54. The van der Waals surface area contributed by atoms with Gasteiger partial charge in [0.25, 0.3) is 10.0 Å². The van der Waals surface area contributed by atoms with Crippen LogP contribution < -0.4 is 9.46 Å². The highest BCUT2D eigenvalue weighted by atomic mass is 35.5. The maximum absolute atomic E-state index is 12.2. The largest absolute Gasteiger partial charge is 0.495 e. The maximum Gasteiger partial charge on any atom is 0.261 e. The third-order valence-corrected chi connectivity index (χ3v) is 4.47. The molecule has 0 radical (unpaired) electrons. The number of sulfonamides is 1. The lowest BCUT2D eigenvalue weighted by atomic mass is 10.3. The Labute approximate surface area is 127 Å². The summed E-state index contributed by atoms with van der Waals surface area (Å²) in [5, 5.41) is 0.792. The highest BCUT2D eigenvalue weighted by Gasteiger charge is 2.14. The van der Waals surface area contributed by atoms with Gasteiger partial charge in [0.15, 0.2) is 0 Å². The minimum Gasteiger partial charge on any atom is -0.495 e. The number of anilines is 1. The summed E-state index contributed by atoms with van der Waals surface area (Å²) in [5.74, 6) is 0.473. The average molecular weight is 332 g/mol. The Morgan fingerprint density at radius 2 is 1.70 bits per heavy atom. The van der Waals surface area contributed by atoms with Crippen LogP contribution in [-0.4, -0.2) is 15.5 Å². The Morgan fingerprint density at radius 3 is 2.25 bits per heavy atom. The van der Waals surface area contributed by atoms with Crippen molar-refractivity contribution in [1.82, 2.24) is 0 Å². The van der Waals surface area contributed by atoms with Crippen molar-refractivity contribution in [3.63, 3.8) is 0 Å². The molecule has 0 aromatic heterocycles. The SMILES string of the molecule is COc1ccc(NS(=O)(=O)c2ccc(Cl)cc2)cc1Cl. The summed E-state index contributed by atoms with van der Waals surface area (Å²) in [5.41, 5.74) is 0.353. The molecule has 0 aliphatic carbocycles. The minimum absolute atomic E-state index is 0.119. The molecule has 2 rings (SSSR count). The quantitative estimate of drug-likeness (QED) is 0.926. The smallest absolute Gasteiger partial charge is 0.261 e. The Kier molecular flexibility index (Phi) is 4.42. The highest BCUT2D eigenvalue weighted by molar-refractivity contribution is 7.92. The molecule has 0 spiro atoms. The molecule has 1 N–H and O–H groups in total. The van der Waals surface area contributed by atoms with E-state index in [0.717, 1.165) is 0 Å². The number of methoxy groups -OCH3 is 1. The molecule has 0 saturated heterocycles. The lowest BCUT2D eigenvalue weighted by Gasteiger charge is -2.10. The summed E-state index contributed by atoms with van der Waals surface area (Å²) in [7, 11) is -2.19. The zero-order valence-electron chi connectivity index (χ0n) is 10.4. The third-order valence-electron chi connectivity index (χ3n) is 2.53. The number of rotatable bonds is 4. The van der Waals surface area contributed by atoms with Gasteiger partial charge >= 0.3 is 0 Å². The van der Waals surface area contributed by atoms with E-state index >= 15 is 0 Å². The molecule has 0 heterocycles. The van der Waals surface area contributed by atoms with Crippen LogP contribution in [0.4, 0.5) is 5.69 Å². The van der Waals surface area contributed by atoms with E-state index < -0.39 is 10.0 Å². The predicted molar refractivity (Wildman–Crippen MR) is 80.3 cm³/mol. The van der Waals surface area contributed by atoms with Gasteiger partial charge in [0.05, 0.1) is 22.7 Å². The van der Waals surface area contributed by atoms with Gasteiger partial charge in [-0.2, -0.15) is 0 Å². The van der Waals surface area contributed by atoms with Crippen molar-refractivity contribution >= 4 is 38.9 Å². The number of benzene rings is 2. The minimum atomic E-state index is -3.67. The average Bonchev–Trinajstić information content (AvgIpc) is 2.39. The molecule has 2 aromatic carbocycles. The van der Waals surface area contributed by atoms with Gasteiger partial charge < -0.3 is 4.74 Å². The summed E-state index contributed by atoms with van der Waals surface area (Å²) in [6, 6.07) is 10.5. The van der Waals surface area contributed by atoms with E-state index in [1.54, 1.807) is 12.1 Å². The molecule has 106 valence electrons. The van der Waals surface area contributed by atoms with Crippen molar-refractivity contribution in [2.45, 2.75) is 4.90 Å². The molecule has 0 aliphatic rings. The molecule has 20 heavy (non-hydrogen) atoms. The monoisotopic (exact) mass is 331 g/mol. The van der Waals surface area contributed by atoms with Crippen LogP contribution in [0.1, 0.15) is 0 Å². The van der Waals surface area contributed by atoms with Gasteiger partial charge in [-0.25, -0.2) is 8.42 Å². The van der Waals surface area contributed by atoms with Crippen molar-refractivity contribution in [3.05, 3.63) is 52.5 Å². The highest BCUT2D eigenvalue weighted by Crippen LogP contribution is 2.28. The van der Waals surface area contributed by atoms with Crippen molar-refractivity contribution < 1.29 is 13.2 Å². The van der Waals surface area contributed by atoms with E-state index in [2.05, 4.69) is 4.72 Å². The Bertz CT molecular complexity index is 715. The lowest BCUT2D eigenvalue weighted by Crippen LogP contribution is -2.12. The molecular formula is C13H11Cl2NO3S.